The first-order chi connectivity index (χ1) is 12.9. The van der Waals surface area contributed by atoms with E-state index in [1.54, 1.807) is 30.9 Å². The Hall–Kier alpha value is -3.02. The standard InChI is InChI=1S/C21H23N3O3/c1-11(2)18-9-23-17-8-13(12(3)25)7-15(20(17)27-18)16-10-24(4)21(26)19-14(16)5-6-22-19/h5-8,10-11,18,22-23H,9H2,1-4H3. The van der Waals surface area contributed by atoms with E-state index in [0.29, 0.717) is 23.5 Å². The average molecular weight is 365 g/mol. The van der Waals surface area contributed by atoms with Crippen LogP contribution in [0.1, 0.15) is 31.1 Å². The molecule has 0 bridgehead atoms. The summed E-state index contributed by atoms with van der Waals surface area (Å²) in [5, 5.41) is 4.23. The van der Waals surface area contributed by atoms with Crippen molar-refractivity contribution in [1.82, 2.24) is 9.55 Å². The maximum absolute atomic E-state index is 12.4. The zero-order valence-electron chi connectivity index (χ0n) is 15.9. The Morgan fingerprint density at radius 3 is 2.78 bits per heavy atom. The first kappa shape index (κ1) is 17.4. The van der Waals surface area contributed by atoms with Gasteiger partial charge in [-0.15, -0.1) is 0 Å². The quantitative estimate of drug-likeness (QED) is 0.696. The molecule has 1 aliphatic heterocycles. The van der Waals surface area contributed by atoms with Gasteiger partial charge in [0.05, 0.1) is 12.2 Å². The van der Waals surface area contributed by atoms with Gasteiger partial charge in [0.25, 0.3) is 5.56 Å². The molecule has 0 saturated heterocycles. The number of nitrogens with zero attached hydrogens (tertiary/aromatic N) is 1. The number of rotatable bonds is 3. The zero-order chi connectivity index (χ0) is 19.3. The molecule has 2 N–H and O–H groups in total. The SMILES string of the molecule is CC(=O)c1cc2c(c(-c3cn(C)c(=O)c4[nH]ccc34)c1)OC(C(C)C)CN2. The van der Waals surface area contributed by atoms with E-state index in [1.165, 1.54) is 0 Å². The fourth-order valence-electron chi connectivity index (χ4n) is 3.55. The zero-order valence-corrected chi connectivity index (χ0v) is 15.9. The van der Waals surface area contributed by atoms with E-state index in [-0.39, 0.29) is 17.4 Å². The lowest BCUT2D eigenvalue weighted by atomic mass is 9.96. The van der Waals surface area contributed by atoms with E-state index >= 15 is 0 Å². The first-order valence-electron chi connectivity index (χ1n) is 9.13. The Bertz CT molecular complexity index is 1110. The molecule has 0 aliphatic carbocycles. The highest BCUT2D eigenvalue weighted by Crippen LogP contribution is 2.43. The highest BCUT2D eigenvalue weighted by atomic mass is 16.5. The smallest absolute Gasteiger partial charge is 0.274 e. The fraction of sp³-hybridized carbons (Fsp3) is 0.333. The minimum absolute atomic E-state index is 0.0121. The van der Waals surface area contributed by atoms with Crippen molar-refractivity contribution in [1.29, 1.82) is 0 Å². The first-order valence-corrected chi connectivity index (χ1v) is 9.13. The van der Waals surface area contributed by atoms with Gasteiger partial charge in [-0.2, -0.15) is 0 Å². The number of nitrogens with one attached hydrogen (secondary N) is 2. The molecule has 1 atom stereocenters. The average Bonchev–Trinajstić information content (AvgIpc) is 3.13. The number of ether oxygens (including phenoxy) is 1. The van der Waals surface area contributed by atoms with E-state index in [9.17, 15) is 9.59 Å². The number of H-pyrrole nitrogens is 1. The number of fused-ring (bicyclic) bond motifs is 2. The number of ketones is 1. The number of hydrogen-bond acceptors (Lipinski definition) is 4. The molecular weight excluding hydrogens is 342 g/mol. The molecule has 3 heterocycles. The van der Waals surface area contributed by atoms with E-state index in [1.807, 2.05) is 18.2 Å². The Morgan fingerprint density at radius 2 is 2.07 bits per heavy atom. The lowest BCUT2D eigenvalue weighted by Crippen LogP contribution is -2.35. The molecule has 0 spiro atoms. The Balaban J connectivity index is 2.02. The number of benzene rings is 1. The van der Waals surface area contributed by atoms with E-state index in [4.69, 9.17) is 4.74 Å². The number of anilines is 1. The van der Waals surface area contributed by atoms with Gasteiger partial charge in [-0.3, -0.25) is 9.59 Å². The fourth-order valence-corrected chi connectivity index (χ4v) is 3.55. The summed E-state index contributed by atoms with van der Waals surface area (Å²) >= 11 is 0. The topological polar surface area (TPSA) is 76.1 Å². The van der Waals surface area contributed by atoms with Crippen LogP contribution < -0.4 is 15.6 Å². The summed E-state index contributed by atoms with van der Waals surface area (Å²) in [7, 11) is 1.73. The third-order valence-corrected chi connectivity index (χ3v) is 5.19. The van der Waals surface area contributed by atoms with Crippen LogP contribution in [0, 0.1) is 5.92 Å². The molecule has 0 saturated carbocycles. The Kier molecular flexibility index (Phi) is 4.06. The second-order valence-electron chi connectivity index (χ2n) is 7.46. The molecule has 0 fully saturated rings. The third kappa shape index (κ3) is 2.81. The molecule has 140 valence electrons. The van der Waals surface area contributed by atoms with E-state index in [2.05, 4.69) is 24.1 Å². The maximum atomic E-state index is 12.4. The number of carbonyl (C=O) groups excluding carboxylic acids is 1. The number of aromatic nitrogens is 2. The number of hydrogen-bond donors (Lipinski definition) is 2. The van der Waals surface area contributed by atoms with Crippen LogP contribution in [0.2, 0.25) is 0 Å². The Labute approximate surface area is 157 Å². The van der Waals surface area contributed by atoms with Crippen LogP contribution in [0.25, 0.3) is 22.0 Å². The molecule has 27 heavy (non-hydrogen) atoms. The van der Waals surface area contributed by atoms with Crippen LogP contribution in [-0.2, 0) is 7.05 Å². The number of aryl methyl sites for hydroxylation is 1. The van der Waals surface area contributed by atoms with Gasteiger partial charge in [0.1, 0.15) is 11.6 Å². The molecule has 6 heteroatoms. The van der Waals surface area contributed by atoms with Crippen LogP contribution in [0.15, 0.2) is 35.4 Å². The number of carbonyl (C=O) groups is 1. The van der Waals surface area contributed by atoms with Crippen molar-refractivity contribution in [2.45, 2.75) is 26.9 Å². The number of aromatic amines is 1. The second kappa shape index (κ2) is 6.30. The van der Waals surface area contributed by atoms with Crippen LogP contribution in [0.5, 0.6) is 5.75 Å². The summed E-state index contributed by atoms with van der Waals surface area (Å²) in [6, 6.07) is 5.58. The van der Waals surface area contributed by atoms with Gasteiger partial charge in [0.15, 0.2) is 11.5 Å². The van der Waals surface area contributed by atoms with Crippen molar-refractivity contribution in [2.75, 3.05) is 11.9 Å². The van der Waals surface area contributed by atoms with Crippen LogP contribution in [-0.4, -0.2) is 28.0 Å². The van der Waals surface area contributed by atoms with E-state index in [0.717, 1.165) is 28.0 Å². The summed E-state index contributed by atoms with van der Waals surface area (Å²) in [5.41, 5.74) is 3.55. The van der Waals surface area contributed by atoms with Gasteiger partial charge < -0.3 is 19.6 Å². The third-order valence-electron chi connectivity index (χ3n) is 5.19. The minimum Gasteiger partial charge on any atom is -0.485 e. The molecule has 0 amide bonds. The maximum Gasteiger partial charge on any atom is 0.274 e. The second-order valence-corrected chi connectivity index (χ2v) is 7.46. The predicted molar refractivity (Wildman–Crippen MR) is 107 cm³/mol. The van der Waals surface area contributed by atoms with Gasteiger partial charge in [0, 0.05) is 41.5 Å². The molecule has 6 nitrogen and oxygen atoms in total. The number of pyridine rings is 1. The summed E-state index contributed by atoms with van der Waals surface area (Å²) < 4.78 is 7.89. The van der Waals surface area contributed by atoms with Gasteiger partial charge >= 0.3 is 0 Å². The molecule has 3 aromatic rings. The summed E-state index contributed by atoms with van der Waals surface area (Å²) in [5.74, 6) is 1.06. The van der Waals surface area contributed by atoms with Crippen LogP contribution in [0.4, 0.5) is 5.69 Å². The summed E-state index contributed by atoms with van der Waals surface area (Å²) in [6.07, 6.45) is 3.60. The molecule has 0 radical (unpaired) electrons. The highest BCUT2D eigenvalue weighted by molar-refractivity contribution is 6.02. The van der Waals surface area contributed by atoms with Crippen molar-refractivity contribution in [3.8, 4) is 16.9 Å². The monoisotopic (exact) mass is 365 g/mol. The molecule has 1 aromatic carbocycles. The lowest BCUT2D eigenvalue weighted by molar-refractivity contribution is 0.101. The summed E-state index contributed by atoms with van der Waals surface area (Å²) in [4.78, 5) is 27.5. The molecule has 1 aliphatic rings. The van der Waals surface area contributed by atoms with Gasteiger partial charge in [-0.1, -0.05) is 13.8 Å². The Morgan fingerprint density at radius 1 is 1.30 bits per heavy atom. The van der Waals surface area contributed by atoms with Crippen molar-refractivity contribution in [3.63, 3.8) is 0 Å². The largest absolute Gasteiger partial charge is 0.485 e. The van der Waals surface area contributed by atoms with Crippen molar-refractivity contribution < 1.29 is 9.53 Å². The van der Waals surface area contributed by atoms with Gasteiger partial charge in [-0.05, 0) is 31.0 Å². The van der Waals surface area contributed by atoms with Crippen molar-refractivity contribution >= 4 is 22.4 Å². The van der Waals surface area contributed by atoms with Gasteiger partial charge in [0.2, 0.25) is 0 Å². The van der Waals surface area contributed by atoms with Crippen LogP contribution in [0.3, 0.4) is 0 Å². The minimum atomic E-state index is -0.0885. The molecular formula is C21H23N3O3. The molecule has 1 unspecified atom stereocenters. The van der Waals surface area contributed by atoms with Crippen LogP contribution >= 0.6 is 0 Å². The highest BCUT2D eigenvalue weighted by Gasteiger charge is 2.27. The normalized spacial score (nSPS) is 16.1. The summed E-state index contributed by atoms with van der Waals surface area (Å²) in [6.45, 7) is 6.49. The van der Waals surface area contributed by atoms with E-state index < -0.39 is 0 Å². The van der Waals surface area contributed by atoms with Crippen molar-refractivity contribution in [2.24, 2.45) is 13.0 Å². The molecule has 2 aromatic heterocycles. The van der Waals surface area contributed by atoms with Gasteiger partial charge in [-0.25, -0.2) is 0 Å². The lowest BCUT2D eigenvalue weighted by Gasteiger charge is -2.32. The van der Waals surface area contributed by atoms with Crippen molar-refractivity contribution in [3.05, 3.63) is 46.5 Å². The predicted octanol–water partition coefficient (Wildman–Crippen LogP) is 3.57. The number of Topliss-reactive ketones (excluding diaryl/α,β-unsaturated/α-hetero) is 1. The molecule has 4 rings (SSSR count).